The molecule has 1 aliphatic rings. The Morgan fingerprint density at radius 2 is 1.73 bits per heavy atom. The molecular formula is C24H23N7OS. The largest absolute Gasteiger partial charge is 0.383 e. The normalized spacial score (nSPS) is 12.5. The third-order valence-electron chi connectivity index (χ3n) is 5.45. The molecule has 0 unspecified atom stereocenters. The van der Waals surface area contributed by atoms with E-state index in [-0.39, 0.29) is 23.3 Å². The number of nitrogens with zero attached hydrogens (tertiary/aromatic N) is 4. The van der Waals surface area contributed by atoms with Gasteiger partial charge < -0.3 is 16.8 Å². The van der Waals surface area contributed by atoms with Gasteiger partial charge in [-0.2, -0.15) is 5.10 Å². The van der Waals surface area contributed by atoms with Crippen LogP contribution in [0.5, 0.6) is 0 Å². The van der Waals surface area contributed by atoms with Crippen molar-refractivity contribution in [2.24, 2.45) is 0 Å². The summed E-state index contributed by atoms with van der Waals surface area (Å²) in [4.78, 5) is 21.0. The summed E-state index contributed by atoms with van der Waals surface area (Å²) in [7, 11) is 0. The van der Waals surface area contributed by atoms with Crippen LogP contribution in [-0.2, 0) is 17.6 Å². The molecular weight excluding hydrogens is 434 g/mol. The van der Waals surface area contributed by atoms with Gasteiger partial charge in [-0.25, -0.2) is 14.6 Å². The summed E-state index contributed by atoms with van der Waals surface area (Å²) in [5.41, 5.74) is 16.9. The Labute approximate surface area is 195 Å². The number of carbonyl (C=O) groups excluding carboxylic acids is 1. The fourth-order valence-electron chi connectivity index (χ4n) is 3.94. The van der Waals surface area contributed by atoms with Crippen LogP contribution in [-0.4, -0.2) is 31.4 Å². The number of nitrogen functional groups attached to an aromatic ring is 2. The van der Waals surface area contributed by atoms with Gasteiger partial charge in [0.25, 0.3) is 0 Å². The molecule has 0 fully saturated rings. The van der Waals surface area contributed by atoms with Crippen molar-refractivity contribution in [2.45, 2.75) is 24.4 Å². The second-order valence-corrected chi connectivity index (χ2v) is 8.78. The Morgan fingerprint density at radius 3 is 2.52 bits per heavy atom. The Balaban J connectivity index is 1.40. The number of para-hydroxylation sites is 1. The zero-order valence-electron chi connectivity index (χ0n) is 17.9. The van der Waals surface area contributed by atoms with E-state index in [1.54, 1.807) is 4.68 Å². The molecule has 9 heteroatoms. The minimum absolute atomic E-state index is 0.108. The zero-order chi connectivity index (χ0) is 22.8. The maximum absolute atomic E-state index is 12.7. The predicted molar refractivity (Wildman–Crippen MR) is 131 cm³/mol. The highest BCUT2D eigenvalue weighted by Crippen LogP contribution is 2.30. The Bertz CT molecular complexity index is 1300. The molecule has 1 aliphatic carbocycles. The molecule has 5 N–H and O–H groups in total. The van der Waals surface area contributed by atoms with E-state index in [1.165, 1.54) is 35.4 Å². The van der Waals surface area contributed by atoms with E-state index >= 15 is 0 Å². The summed E-state index contributed by atoms with van der Waals surface area (Å²) in [6, 6.07) is 19.6. The first-order valence-corrected chi connectivity index (χ1v) is 11.6. The van der Waals surface area contributed by atoms with E-state index in [4.69, 9.17) is 16.6 Å². The van der Waals surface area contributed by atoms with E-state index in [0.29, 0.717) is 11.0 Å². The van der Waals surface area contributed by atoms with E-state index in [9.17, 15) is 4.79 Å². The Morgan fingerprint density at radius 1 is 0.970 bits per heavy atom. The molecule has 8 nitrogen and oxygen atoms in total. The van der Waals surface area contributed by atoms with Gasteiger partial charge in [0.1, 0.15) is 17.5 Å². The van der Waals surface area contributed by atoms with Gasteiger partial charge in [-0.3, -0.25) is 4.79 Å². The molecule has 0 saturated carbocycles. The average Bonchev–Trinajstić information content (AvgIpc) is 3.44. The summed E-state index contributed by atoms with van der Waals surface area (Å²) in [5, 5.41) is 8.14. The molecule has 2 heterocycles. The van der Waals surface area contributed by atoms with Crippen LogP contribution in [0.1, 0.15) is 17.5 Å². The van der Waals surface area contributed by atoms with Crippen molar-refractivity contribution in [1.82, 2.24) is 19.7 Å². The van der Waals surface area contributed by atoms with Gasteiger partial charge in [-0.15, -0.1) is 0 Å². The first-order valence-electron chi connectivity index (χ1n) is 10.7. The van der Waals surface area contributed by atoms with Gasteiger partial charge >= 0.3 is 0 Å². The van der Waals surface area contributed by atoms with Crippen LogP contribution in [0.15, 0.2) is 65.8 Å². The number of aryl methyl sites for hydroxylation is 2. The van der Waals surface area contributed by atoms with Gasteiger partial charge in [0.05, 0.1) is 17.1 Å². The topological polar surface area (TPSA) is 125 Å². The van der Waals surface area contributed by atoms with Crippen LogP contribution in [0.4, 0.5) is 17.5 Å². The quantitative estimate of drug-likeness (QED) is 0.298. The number of fused-ring (bicyclic) bond motifs is 1. The lowest BCUT2D eigenvalue weighted by Crippen LogP contribution is -2.17. The van der Waals surface area contributed by atoms with E-state index in [1.807, 2.05) is 36.4 Å². The number of hydrogen-bond donors (Lipinski definition) is 3. The van der Waals surface area contributed by atoms with Gasteiger partial charge in [-0.1, -0.05) is 42.1 Å². The molecule has 0 atom stereocenters. The van der Waals surface area contributed by atoms with E-state index in [2.05, 4.69) is 33.5 Å². The number of rotatable bonds is 6. The van der Waals surface area contributed by atoms with Crippen molar-refractivity contribution in [3.8, 4) is 16.9 Å². The van der Waals surface area contributed by atoms with Crippen LogP contribution >= 0.6 is 11.8 Å². The maximum Gasteiger partial charge on any atom is 0.236 e. The first-order chi connectivity index (χ1) is 16.0. The number of amides is 1. The fourth-order valence-corrected chi connectivity index (χ4v) is 4.62. The number of benzene rings is 2. The van der Waals surface area contributed by atoms with Crippen LogP contribution in [0.2, 0.25) is 0 Å². The zero-order valence-corrected chi connectivity index (χ0v) is 18.7. The van der Waals surface area contributed by atoms with Crippen LogP contribution in [0.3, 0.4) is 0 Å². The standard InChI is InChI=1S/C24H23N7OS/c25-20-13-21(26)28-24(27-20)33-14-23(32)29-22-12-19(30-31(22)18-7-2-1-3-8-18)17-10-9-15-5-4-6-16(15)11-17/h1-3,7-13H,4-6,14H2,(H,29,32)(H4,25,26,27,28). The van der Waals surface area contributed by atoms with Gasteiger partial charge in [0.15, 0.2) is 5.16 Å². The first kappa shape index (κ1) is 21.0. The molecule has 2 aromatic carbocycles. The summed E-state index contributed by atoms with van der Waals surface area (Å²) < 4.78 is 1.75. The van der Waals surface area contributed by atoms with Crippen molar-refractivity contribution in [3.63, 3.8) is 0 Å². The molecule has 5 rings (SSSR count). The summed E-state index contributed by atoms with van der Waals surface area (Å²) in [6.45, 7) is 0. The number of aromatic nitrogens is 4. The third-order valence-corrected chi connectivity index (χ3v) is 6.30. The lowest BCUT2D eigenvalue weighted by atomic mass is 10.0. The van der Waals surface area contributed by atoms with Gasteiger partial charge in [0, 0.05) is 17.7 Å². The minimum atomic E-state index is -0.206. The highest BCUT2D eigenvalue weighted by molar-refractivity contribution is 7.99. The molecule has 166 valence electrons. The summed E-state index contributed by atoms with van der Waals surface area (Å²) in [5.74, 6) is 1.03. The van der Waals surface area contributed by atoms with Crippen molar-refractivity contribution < 1.29 is 4.79 Å². The van der Waals surface area contributed by atoms with Gasteiger partial charge in [-0.05, 0) is 48.6 Å². The van der Waals surface area contributed by atoms with Gasteiger partial charge in [0.2, 0.25) is 5.91 Å². The molecule has 0 bridgehead atoms. The predicted octanol–water partition coefficient (Wildman–Crippen LogP) is 3.71. The fraction of sp³-hybridized carbons (Fsp3) is 0.167. The SMILES string of the molecule is Nc1cc(N)nc(SCC(=O)Nc2cc(-c3ccc4c(c3)CCC4)nn2-c2ccccc2)n1. The summed E-state index contributed by atoms with van der Waals surface area (Å²) in [6.07, 6.45) is 3.42. The molecule has 33 heavy (non-hydrogen) atoms. The minimum Gasteiger partial charge on any atom is -0.383 e. The molecule has 2 aromatic heterocycles. The lowest BCUT2D eigenvalue weighted by molar-refractivity contribution is -0.113. The van der Waals surface area contributed by atoms with Crippen molar-refractivity contribution in [3.05, 3.63) is 71.8 Å². The second kappa shape index (κ2) is 8.95. The second-order valence-electron chi connectivity index (χ2n) is 7.84. The lowest BCUT2D eigenvalue weighted by Gasteiger charge is -2.08. The third kappa shape index (κ3) is 4.68. The number of hydrogen-bond acceptors (Lipinski definition) is 7. The number of thioether (sulfide) groups is 1. The molecule has 0 saturated heterocycles. The highest BCUT2D eigenvalue weighted by Gasteiger charge is 2.17. The molecule has 1 amide bonds. The van der Waals surface area contributed by atoms with Crippen molar-refractivity contribution >= 4 is 35.1 Å². The number of anilines is 3. The molecule has 0 aliphatic heterocycles. The monoisotopic (exact) mass is 457 g/mol. The van der Waals surface area contributed by atoms with Crippen molar-refractivity contribution in [1.29, 1.82) is 0 Å². The number of carbonyl (C=O) groups is 1. The maximum atomic E-state index is 12.7. The average molecular weight is 458 g/mol. The molecule has 0 radical (unpaired) electrons. The number of nitrogens with two attached hydrogens (primary N) is 2. The molecule has 0 spiro atoms. The Kier molecular flexibility index (Phi) is 5.70. The van der Waals surface area contributed by atoms with Crippen LogP contribution in [0, 0.1) is 0 Å². The van der Waals surface area contributed by atoms with Crippen LogP contribution in [0.25, 0.3) is 16.9 Å². The summed E-state index contributed by atoms with van der Waals surface area (Å²) >= 11 is 1.17. The van der Waals surface area contributed by atoms with Crippen LogP contribution < -0.4 is 16.8 Å². The smallest absolute Gasteiger partial charge is 0.236 e. The molecule has 4 aromatic rings. The van der Waals surface area contributed by atoms with Crippen molar-refractivity contribution in [2.75, 3.05) is 22.5 Å². The Hall–Kier alpha value is -3.85. The number of nitrogens with one attached hydrogen (secondary N) is 1. The van der Waals surface area contributed by atoms with E-state index in [0.717, 1.165) is 29.8 Å². The highest BCUT2D eigenvalue weighted by atomic mass is 32.2. The van der Waals surface area contributed by atoms with E-state index < -0.39 is 0 Å².